The normalized spacial score (nSPS) is 12.9. The summed E-state index contributed by atoms with van der Waals surface area (Å²) in [4.78, 5) is 12.2. The highest BCUT2D eigenvalue weighted by Gasteiger charge is 2.29. The van der Waals surface area contributed by atoms with Crippen molar-refractivity contribution >= 4 is 5.91 Å². The van der Waals surface area contributed by atoms with E-state index in [1.54, 1.807) is 14.0 Å². The molecule has 0 aliphatic carbocycles. The average Bonchev–Trinajstić information content (AvgIpc) is 2.38. The Kier molecular flexibility index (Phi) is 5.36. The smallest absolute Gasteiger partial charge is 0.230 e. The quantitative estimate of drug-likeness (QED) is 0.825. The van der Waals surface area contributed by atoms with E-state index in [2.05, 4.69) is 5.32 Å². The van der Waals surface area contributed by atoms with Crippen molar-refractivity contribution in [2.24, 2.45) is 0 Å². The van der Waals surface area contributed by atoms with E-state index in [1.165, 1.54) is 0 Å². The molecule has 0 saturated heterocycles. The second-order valence-electron chi connectivity index (χ2n) is 5.25. The first-order valence-electron chi connectivity index (χ1n) is 6.49. The molecular formula is C15H23NO3. The summed E-state index contributed by atoms with van der Waals surface area (Å²) in [6.45, 7) is 5.95. The van der Waals surface area contributed by atoms with Gasteiger partial charge in [0.1, 0.15) is 5.75 Å². The number of nitrogens with one attached hydrogen (secondary N) is 1. The van der Waals surface area contributed by atoms with Gasteiger partial charge in [0.15, 0.2) is 0 Å². The Morgan fingerprint density at radius 3 is 2.42 bits per heavy atom. The van der Waals surface area contributed by atoms with Crippen LogP contribution in [-0.4, -0.2) is 30.8 Å². The first-order chi connectivity index (χ1) is 8.87. The lowest BCUT2D eigenvalue weighted by Crippen LogP contribution is -2.41. The minimum atomic E-state index is -0.606. The molecule has 0 heterocycles. The van der Waals surface area contributed by atoms with Crippen LogP contribution >= 0.6 is 0 Å². The lowest BCUT2D eigenvalue weighted by atomic mass is 9.83. The van der Waals surface area contributed by atoms with Crippen molar-refractivity contribution in [2.75, 3.05) is 13.7 Å². The number of hydrogen-bond donors (Lipinski definition) is 2. The van der Waals surface area contributed by atoms with Crippen LogP contribution in [0.5, 0.6) is 5.75 Å². The maximum Gasteiger partial charge on any atom is 0.230 e. The van der Waals surface area contributed by atoms with Gasteiger partial charge in [-0.1, -0.05) is 12.1 Å². The number of methoxy groups -OCH3 is 1. The topological polar surface area (TPSA) is 58.6 Å². The zero-order valence-corrected chi connectivity index (χ0v) is 12.1. The Bertz CT molecular complexity index is 410. The highest BCUT2D eigenvalue weighted by molar-refractivity contribution is 5.87. The van der Waals surface area contributed by atoms with Crippen LogP contribution in [0.1, 0.15) is 32.8 Å². The van der Waals surface area contributed by atoms with Crippen LogP contribution in [-0.2, 0) is 10.2 Å². The standard InChI is InChI=1S/C15H23NO3/c1-11(17)9-10-16-14(18)15(2,3)12-5-7-13(19-4)8-6-12/h5-8,11,17H,9-10H2,1-4H3,(H,16,18). The monoisotopic (exact) mass is 265 g/mol. The van der Waals surface area contributed by atoms with Crippen molar-refractivity contribution in [2.45, 2.75) is 38.7 Å². The van der Waals surface area contributed by atoms with Crippen LogP contribution in [0.4, 0.5) is 0 Å². The van der Waals surface area contributed by atoms with Crippen LogP contribution < -0.4 is 10.1 Å². The molecule has 0 fully saturated rings. The summed E-state index contributed by atoms with van der Waals surface area (Å²) in [6, 6.07) is 7.49. The number of rotatable bonds is 6. The summed E-state index contributed by atoms with van der Waals surface area (Å²) < 4.78 is 5.11. The number of amides is 1. The second kappa shape index (κ2) is 6.57. The summed E-state index contributed by atoms with van der Waals surface area (Å²) in [7, 11) is 1.61. The van der Waals surface area contributed by atoms with E-state index in [0.29, 0.717) is 13.0 Å². The molecule has 1 amide bonds. The van der Waals surface area contributed by atoms with E-state index < -0.39 is 11.5 Å². The SMILES string of the molecule is COc1ccc(C(C)(C)C(=O)NCCC(C)O)cc1. The van der Waals surface area contributed by atoms with Crippen LogP contribution in [0.2, 0.25) is 0 Å². The fraction of sp³-hybridized carbons (Fsp3) is 0.533. The third-order valence-corrected chi connectivity index (χ3v) is 3.23. The van der Waals surface area contributed by atoms with Gasteiger partial charge < -0.3 is 15.2 Å². The molecule has 0 aliphatic rings. The van der Waals surface area contributed by atoms with Gasteiger partial charge in [0, 0.05) is 6.54 Å². The van der Waals surface area contributed by atoms with Crippen molar-refractivity contribution in [1.82, 2.24) is 5.32 Å². The van der Waals surface area contributed by atoms with E-state index in [1.807, 2.05) is 38.1 Å². The van der Waals surface area contributed by atoms with E-state index in [4.69, 9.17) is 4.74 Å². The van der Waals surface area contributed by atoms with Gasteiger partial charge in [0.25, 0.3) is 0 Å². The molecule has 1 aromatic rings. The highest BCUT2D eigenvalue weighted by Crippen LogP contribution is 2.25. The molecule has 4 nitrogen and oxygen atoms in total. The molecule has 0 bridgehead atoms. The predicted molar refractivity (Wildman–Crippen MR) is 75.3 cm³/mol. The number of carbonyl (C=O) groups is 1. The zero-order chi connectivity index (χ0) is 14.5. The van der Waals surface area contributed by atoms with E-state index in [-0.39, 0.29) is 5.91 Å². The molecule has 2 N–H and O–H groups in total. The summed E-state index contributed by atoms with van der Waals surface area (Å²) in [5, 5.41) is 12.0. The summed E-state index contributed by atoms with van der Waals surface area (Å²) in [5.41, 5.74) is 0.327. The first-order valence-corrected chi connectivity index (χ1v) is 6.49. The number of hydrogen-bond acceptors (Lipinski definition) is 3. The van der Waals surface area contributed by atoms with Gasteiger partial charge in [0.05, 0.1) is 18.6 Å². The van der Waals surface area contributed by atoms with Gasteiger partial charge in [0.2, 0.25) is 5.91 Å². The van der Waals surface area contributed by atoms with Gasteiger partial charge in [-0.25, -0.2) is 0 Å². The lowest BCUT2D eigenvalue weighted by Gasteiger charge is -2.24. The maximum absolute atomic E-state index is 12.2. The van der Waals surface area contributed by atoms with Gasteiger partial charge in [-0.2, -0.15) is 0 Å². The zero-order valence-electron chi connectivity index (χ0n) is 12.1. The minimum Gasteiger partial charge on any atom is -0.497 e. The Morgan fingerprint density at radius 2 is 1.95 bits per heavy atom. The van der Waals surface area contributed by atoms with Crippen LogP contribution in [0.3, 0.4) is 0 Å². The fourth-order valence-corrected chi connectivity index (χ4v) is 1.75. The molecule has 4 heteroatoms. The van der Waals surface area contributed by atoms with Crippen molar-refractivity contribution in [3.8, 4) is 5.75 Å². The molecule has 106 valence electrons. The van der Waals surface area contributed by atoms with Crippen LogP contribution in [0, 0.1) is 0 Å². The summed E-state index contributed by atoms with van der Waals surface area (Å²) >= 11 is 0. The van der Waals surface area contributed by atoms with Crippen LogP contribution in [0.25, 0.3) is 0 Å². The molecule has 1 atom stereocenters. The molecule has 0 saturated carbocycles. The second-order valence-corrected chi connectivity index (χ2v) is 5.25. The first kappa shape index (κ1) is 15.5. The number of benzene rings is 1. The third-order valence-electron chi connectivity index (χ3n) is 3.23. The van der Waals surface area contributed by atoms with Gasteiger partial charge in [-0.15, -0.1) is 0 Å². The van der Waals surface area contributed by atoms with Crippen molar-refractivity contribution < 1.29 is 14.6 Å². The Labute approximate surface area is 114 Å². The molecular weight excluding hydrogens is 242 g/mol. The largest absolute Gasteiger partial charge is 0.497 e. The van der Waals surface area contributed by atoms with Gasteiger partial charge in [-0.05, 0) is 44.9 Å². The molecule has 1 aromatic carbocycles. The number of aliphatic hydroxyl groups is 1. The maximum atomic E-state index is 12.2. The molecule has 0 aromatic heterocycles. The number of carbonyl (C=O) groups excluding carboxylic acids is 1. The summed E-state index contributed by atoms with van der Waals surface area (Å²) in [6.07, 6.45) is 0.161. The molecule has 0 radical (unpaired) electrons. The Hall–Kier alpha value is -1.55. The van der Waals surface area contributed by atoms with E-state index in [9.17, 15) is 9.90 Å². The van der Waals surface area contributed by atoms with Gasteiger partial charge in [-0.3, -0.25) is 4.79 Å². The fourth-order valence-electron chi connectivity index (χ4n) is 1.75. The van der Waals surface area contributed by atoms with Gasteiger partial charge >= 0.3 is 0 Å². The van der Waals surface area contributed by atoms with E-state index >= 15 is 0 Å². The molecule has 0 spiro atoms. The molecule has 0 aliphatic heterocycles. The Balaban J connectivity index is 2.69. The minimum absolute atomic E-state index is 0.0432. The highest BCUT2D eigenvalue weighted by atomic mass is 16.5. The predicted octanol–water partition coefficient (Wildman–Crippen LogP) is 1.86. The van der Waals surface area contributed by atoms with Crippen molar-refractivity contribution in [3.63, 3.8) is 0 Å². The Morgan fingerprint density at radius 1 is 1.37 bits per heavy atom. The van der Waals surface area contributed by atoms with E-state index in [0.717, 1.165) is 11.3 Å². The lowest BCUT2D eigenvalue weighted by molar-refractivity contribution is -0.125. The number of ether oxygens (including phenoxy) is 1. The molecule has 1 unspecified atom stereocenters. The van der Waals surface area contributed by atoms with Crippen LogP contribution in [0.15, 0.2) is 24.3 Å². The molecule has 1 rings (SSSR count). The average molecular weight is 265 g/mol. The van der Waals surface area contributed by atoms with Crippen molar-refractivity contribution in [3.05, 3.63) is 29.8 Å². The number of aliphatic hydroxyl groups excluding tert-OH is 1. The molecule has 19 heavy (non-hydrogen) atoms. The third kappa shape index (κ3) is 4.24. The van der Waals surface area contributed by atoms with Crippen molar-refractivity contribution in [1.29, 1.82) is 0 Å². The summed E-state index contributed by atoms with van der Waals surface area (Å²) in [5.74, 6) is 0.729.